The molecule has 1 aromatic carbocycles. The summed E-state index contributed by atoms with van der Waals surface area (Å²) in [5, 5.41) is 2.99. The molecule has 20 heavy (non-hydrogen) atoms. The molecule has 1 aliphatic heterocycles. The number of carbonyl (C=O) groups excluding carboxylic acids is 1. The van der Waals surface area contributed by atoms with Crippen molar-refractivity contribution in [3.63, 3.8) is 0 Å². The highest BCUT2D eigenvalue weighted by atomic mass is 16.5. The number of morpholine rings is 1. The van der Waals surface area contributed by atoms with Gasteiger partial charge in [0.25, 0.3) is 5.91 Å². The third kappa shape index (κ3) is 4.32. The van der Waals surface area contributed by atoms with E-state index in [2.05, 4.69) is 19.2 Å². The Kier molecular flexibility index (Phi) is 5.56. The highest BCUT2D eigenvalue weighted by Gasteiger charge is 2.13. The predicted octanol–water partition coefficient (Wildman–Crippen LogP) is 0.455. The molecule has 0 spiro atoms. The number of amides is 1. The Morgan fingerprint density at radius 2 is 1.90 bits per heavy atom. The SMILES string of the molecule is CC(C)c1ccc(C(=O)NCC[NH+]2CCOCC2)cc1. The van der Waals surface area contributed by atoms with Crippen molar-refractivity contribution in [1.29, 1.82) is 0 Å². The van der Waals surface area contributed by atoms with E-state index in [0.29, 0.717) is 5.92 Å². The number of carbonyl (C=O) groups is 1. The zero-order valence-electron chi connectivity index (χ0n) is 12.4. The van der Waals surface area contributed by atoms with Gasteiger partial charge in [-0.15, -0.1) is 0 Å². The van der Waals surface area contributed by atoms with Crippen LogP contribution in [0.5, 0.6) is 0 Å². The van der Waals surface area contributed by atoms with Crippen LogP contribution in [-0.4, -0.2) is 45.3 Å². The van der Waals surface area contributed by atoms with Crippen LogP contribution in [0.1, 0.15) is 35.7 Å². The molecule has 0 aromatic heterocycles. The van der Waals surface area contributed by atoms with Crippen molar-refractivity contribution >= 4 is 5.91 Å². The van der Waals surface area contributed by atoms with Crippen LogP contribution in [0.4, 0.5) is 0 Å². The van der Waals surface area contributed by atoms with Crippen molar-refractivity contribution in [2.24, 2.45) is 0 Å². The molecule has 4 heteroatoms. The summed E-state index contributed by atoms with van der Waals surface area (Å²) in [6.45, 7) is 9.75. The lowest BCUT2D eigenvalue weighted by atomic mass is 10.0. The van der Waals surface area contributed by atoms with Gasteiger partial charge in [-0.05, 0) is 23.6 Å². The third-order valence-electron chi connectivity index (χ3n) is 3.80. The Morgan fingerprint density at radius 3 is 2.50 bits per heavy atom. The largest absolute Gasteiger partial charge is 0.370 e. The summed E-state index contributed by atoms with van der Waals surface area (Å²) in [5.41, 5.74) is 2.01. The zero-order chi connectivity index (χ0) is 14.4. The molecule has 4 nitrogen and oxygen atoms in total. The van der Waals surface area contributed by atoms with Gasteiger partial charge in [0.1, 0.15) is 13.1 Å². The summed E-state index contributed by atoms with van der Waals surface area (Å²) >= 11 is 0. The van der Waals surface area contributed by atoms with Crippen molar-refractivity contribution in [1.82, 2.24) is 5.32 Å². The van der Waals surface area contributed by atoms with E-state index < -0.39 is 0 Å². The lowest BCUT2D eigenvalue weighted by Crippen LogP contribution is -3.14. The van der Waals surface area contributed by atoms with Crippen molar-refractivity contribution in [2.45, 2.75) is 19.8 Å². The van der Waals surface area contributed by atoms with E-state index in [1.54, 1.807) is 0 Å². The van der Waals surface area contributed by atoms with Gasteiger partial charge < -0.3 is 15.0 Å². The van der Waals surface area contributed by atoms with Gasteiger partial charge in [0.15, 0.2) is 0 Å². The summed E-state index contributed by atoms with van der Waals surface area (Å²) in [6.07, 6.45) is 0. The molecular formula is C16H25N2O2+. The van der Waals surface area contributed by atoms with Crippen LogP contribution in [0.25, 0.3) is 0 Å². The summed E-state index contributed by atoms with van der Waals surface area (Å²) in [4.78, 5) is 13.5. The van der Waals surface area contributed by atoms with Gasteiger partial charge in [0.2, 0.25) is 0 Å². The number of nitrogens with one attached hydrogen (secondary N) is 2. The second-order valence-corrected chi connectivity index (χ2v) is 5.64. The Balaban J connectivity index is 1.76. The number of hydrogen-bond donors (Lipinski definition) is 2. The molecule has 1 heterocycles. The van der Waals surface area contributed by atoms with Crippen LogP contribution in [0, 0.1) is 0 Å². The van der Waals surface area contributed by atoms with E-state index in [4.69, 9.17) is 4.74 Å². The van der Waals surface area contributed by atoms with Crippen LogP contribution < -0.4 is 10.2 Å². The van der Waals surface area contributed by atoms with E-state index in [1.165, 1.54) is 10.5 Å². The van der Waals surface area contributed by atoms with Gasteiger partial charge in [-0.25, -0.2) is 0 Å². The fraction of sp³-hybridized carbons (Fsp3) is 0.562. The molecule has 1 fully saturated rings. The smallest absolute Gasteiger partial charge is 0.251 e. The molecule has 0 aliphatic carbocycles. The first-order valence-corrected chi connectivity index (χ1v) is 7.46. The minimum absolute atomic E-state index is 0.0213. The van der Waals surface area contributed by atoms with Crippen LogP contribution in [-0.2, 0) is 4.74 Å². The van der Waals surface area contributed by atoms with Crippen LogP contribution in [0.2, 0.25) is 0 Å². The minimum atomic E-state index is 0.0213. The van der Waals surface area contributed by atoms with Crippen molar-refractivity contribution in [2.75, 3.05) is 39.4 Å². The molecular weight excluding hydrogens is 252 g/mol. The first-order valence-electron chi connectivity index (χ1n) is 7.46. The molecule has 110 valence electrons. The standard InChI is InChI=1S/C16H24N2O2/c1-13(2)14-3-5-15(6-4-14)16(19)17-7-8-18-9-11-20-12-10-18/h3-6,13H,7-12H2,1-2H3,(H,17,19)/p+1. The van der Waals surface area contributed by atoms with E-state index in [1.807, 2.05) is 24.3 Å². The molecule has 1 amide bonds. The Morgan fingerprint density at radius 1 is 1.25 bits per heavy atom. The fourth-order valence-electron chi connectivity index (χ4n) is 2.38. The maximum absolute atomic E-state index is 12.0. The Labute approximate surface area is 121 Å². The molecule has 0 unspecified atom stereocenters. The summed E-state index contributed by atoms with van der Waals surface area (Å²) in [5.74, 6) is 0.519. The molecule has 0 bridgehead atoms. The Hall–Kier alpha value is -1.39. The number of rotatable bonds is 5. The van der Waals surface area contributed by atoms with E-state index in [0.717, 1.165) is 45.0 Å². The molecule has 0 radical (unpaired) electrons. The first kappa shape index (κ1) is 15.0. The lowest BCUT2D eigenvalue weighted by molar-refractivity contribution is -0.906. The summed E-state index contributed by atoms with van der Waals surface area (Å²) in [6, 6.07) is 7.89. The predicted molar refractivity (Wildman–Crippen MR) is 79.2 cm³/mol. The average molecular weight is 277 g/mol. The normalized spacial score (nSPS) is 16.4. The maximum atomic E-state index is 12.0. The first-order chi connectivity index (χ1) is 9.66. The topological polar surface area (TPSA) is 42.8 Å². The van der Waals surface area contributed by atoms with Gasteiger partial charge in [0, 0.05) is 5.56 Å². The number of hydrogen-bond acceptors (Lipinski definition) is 2. The minimum Gasteiger partial charge on any atom is -0.370 e. The van der Waals surface area contributed by atoms with Crippen molar-refractivity contribution < 1.29 is 14.4 Å². The van der Waals surface area contributed by atoms with Crippen molar-refractivity contribution in [3.05, 3.63) is 35.4 Å². The highest BCUT2D eigenvalue weighted by molar-refractivity contribution is 5.94. The second kappa shape index (κ2) is 7.41. The molecule has 0 saturated carbocycles. The second-order valence-electron chi connectivity index (χ2n) is 5.64. The number of benzene rings is 1. The van der Waals surface area contributed by atoms with Crippen molar-refractivity contribution in [3.8, 4) is 0 Å². The van der Waals surface area contributed by atoms with Gasteiger partial charge in [-0.1, -0.05) is 26.0 Å². The van der Waals surface area contributed by atoms with Crippen LogP contribution in [0.3, 0.4) is 0 Å². The van der Waals surface area contributed by atoms with E-state index >= 15 is 0 Å². The zero-order valence-corrected chi connectivity index (χ0v) is 12.4. The molecule has 0 atom stereocenters. The Bertz CT molecular complexity index is 423. The molecule has 2 rings (SSSR count). The molecule has 1 aromatic rings. The van der Waals surface area contributed by atoms with Gasteiger partial charge >= 0.3 is 0 Å². The van der Waals surface area contributed by atoms with Gasteiger partial charge in [-0.2, -0.15) is 0 Å². The van der Waals surface area contributed by atoms with Gasteiger partial charge in [0.05, 0.1) is 26.3 Å². The summed E-state index contributed by atoms with van der Waals surface area (Å²) < 4.78 is 5.32. The number of quaternary nitrogens is 1. The third-order valence-corrected chi connectivity index (χ3v) is 3.80. The average Bonchev–Trinajstić information content (AvgIpc) is 2.48. The molecule has 2 N–H and O–H groups in total. The van der Waals surface area contributed by atoms with Crippen LogP contribution in [0.15, 0.2) is 24.3 Å². The summed E-state index contributed by atoms with van der Waals surface area (Å²) in [7, 11) is 0. The van der Waals surface area contributed by atoms with E-state index in [-0.39, 0.29) is 5.91 Å². The fourth-order valence-corrected chi connectivity index (χ4v) is 2.38. The van der Waals surface area contributed by atoms with Gasteiger partial charge in [-0.3, -0.25) is 4.79 Å². The molecule has 1 aliphatic rings. The quantitative estimate of drug-likeness (QED) is 0.821. The van der Waals surface area contributed by atoms with Crippen LogP contribution >= 0.6 is 0 Å². The van der Waals surface area contributed by atoms with E-state index in [9.17, 15) is 4.79 Å². The lowest BCUT2D eigenvalue weighted by Gasteiger charge is -2.23. The molecule has 1 saturated heterocycles. The highest BCUT2D eigenvalue weighted by Crippen LogP contribution is 2.14. The number of ether oxygens (including phenoxy) is 1. The maximum Gasteiger partial charge on any atom is 0.251 e. The monoisotopic (exact) mass is 277 g/mol.